The number of non-ortho nitro benzene ring substituents is 1. The molecule has 5 nitrogen and oxygen atoms in total. The predicted octanol–water partition coefficient (Wildman–Crippen LogP) is 4.82. The predicted molar refractivity (Wildman–Crippen MR) is 92.0 cm³/mol. The molecule has 26 heavy (non-hydrogen) atoms. The molecule has 3 aromatic rings. The van der Waals surface area contributed by atoms with Crippen LogP contribution in [-0.4, -0.2) is 16.5 Å². The first kappa shape index (κ1) is 17.7. The van der Waals surface area contributed by atoms with Gasteiger partial charge in [0, 0.05) is 29.8 Å². The van der Waals surface area contributed by atoms with Gasteiger partial charge in [-0.05, 0) is 24.1 Å². The molecule has 1 aromatic heterocycles. The van der Waals surface area contributed by atoms with Crippen molar-refractivity contribution in [3.8, 4) is 0 Å². The number of rotatable bonds is 5. The molecule has 3 rings (SSSR count). The highest BCUT2D eigenvalue weighted by Crippen LogP contribution is 2.33. The number of anilines is 1. The van der Waals surface area contributed by atoms with Crippen molar-refractivity contribution in [3.05, 3.63) is 76.0 Å². The van der Waals surface area contributed by atoms with Crippen molar-refractivity contribution in [1.29, 1.82) is 0 Å². The number of halogens is 3. The monoisotopic (exact) mass is 361 g/mol. The summed E-state index contributed by atoms with van der Waals surface area (Å²) in [4.78, 5) is 13.8. The van der Waals surface area contributed by atoms with Crippen LogP contribution in [0.3, 0.4) is 0 Å². The first-order valence-electron chi connectivity index (χ1n) is 7.79. The van der Waals surface area contributed by atoms with Gasteiger partial charge < -0.3 is 5.32 Å². The maximum Gasteiger partial charge on any atom is 0.433 e. The standard InChI is InChI=1S/C18H14F3N3O2/c19-18(20,21)17-11-16(14-3-1-2-4-15(14)23-17)22-10-9-12-5-7-13(8-6-12)24(25)26/h1-8,11H,9-10H2,(H,22,23). The zero-order valence-corrected chi connectivity index (χ0v) is 13.5. The second kappa shape index (κ2) is 6.99. The third-order valence-corrected chi connectivity index (χ3v) is 3.88. The molecule has 0 aliphatic rings. The van der Waals surface area contributed by atoms with E-state index in [1.807, 2.05) is 0 Å². The Labute approximate surface area is 146 Å². The van der Waals surface area contributed by atoms with E-state index < -0.39 is 16.8 Å². The Kier molecular flexibility index (Phi) is 4.75. The van der Waals surface area contributed by atoms with Gasteiger partial charge >= 0.3 is 6.18 Å². The lowest BCUT2D eigenvalue weighted by atomic mass is 10.1. The second-order valence-electron chi connectivity index (χ2n) is 5.67. The summed E-state index contributed by atoms with van der Waals surface area (Å²) < 4.78 is 39.1. The molecule has 0 saturated carbocycles. The van der Waals surface area contributed by atoms with Crippen molar-refractivity contribution >= 4 is 22.3 Å². The van der Waals surface area contributed by atoms with E-state index in [-0.39, 0.29) is 11.2 Å². The van der Waals surface area contributed by atoms with E-state index >= 15 is 0 Å². The number of para-hydroxylation sites is 1. The van der Waals surface area contributed by atoms with Gasteiger partial charge in [0.15, 0.2) is 0 Å². The third-order valence-electron chi connectivity index (χ3n) is 3.88. The van der Waals surface area contributed by atoms with E-state index in [4.69, 9.17) is 0 Å². The Hall–Kier alpha value is -3.16. The minimum absolute atomic E-state index is 0.00310. The Morgan fingerprint density at radius 1 is 1.08 bits per heavy atom. The summed E-state index contributed by atoms with van der Waals surface area (Å²) in [7, 11) is 0. The normalized spacial score (nSPS) is 11.5. The highest BCUT2D eigenvalue weighted by molar-refractivity contribution is 5.91. The lowest BCUT2D eigenvalue weighted by Gasteiger charge is -2.13. The van der Waals surface area contributed by atoms with Gasteiger partial charge in [-0.25, -0.2) is 4.98 Å². The molecule has 2 aromatic carbocycles. The molecule has 0 unspecified atom stereocenters. The Morgan fingerprint density at radius 2 is 1.77 bits per heavy atom. The van der Waals surface area contributed by atoms with Gasteiger partial charge in [-0.2, -0.15) is 13.2 Å². The van der Waals surface area contributed by atoms with Crippen molar-refractivity contribution in [2.24, 2.45) is 0 Å². The van der Waals surface area contributed by atoms with Crippen molar-refractivity contribution < 1.29 is 18.1 Å². The van der Waals surface area contributed by atoms with Gasteiger partial charge in [-0.1, -0.05) is 30.3 Å². The Balaban J connectivity index is 1.78. The number of aromatic nitrogens is 1. The van der Waals surface area contributed by atoms with Crippen molar-refractivity contribution in [3.63, 3.8) is 0 Å². The first-order chi connectivity index (χ1) is 12.3. The molecule has 0 fully saturated rings. The SMILES string of the molecule is O=[N+]([O-])c1ccc(CCNc2cc(C(F)(F)F)nc3ccccc23)cc1. The number of benzene rings is 2. The molecule has 8 heteroatoms. The summed E-state index contributed by atoms with van der Waals surface area (Å²) in [6.07, 6.45) is -4.02. The summed E-state index contributed by atoms with van der Waals surface area (Å²) in [5.74, 6) is 0. The molecule has 0 atom stereocenters. The van der Waals surface area contributed by atoms with Gasteiger partial charge in [0.1, 0.15) is 5.69 Å². The third kappa shape index (κ3) is 3.90. The van der Waals surface area contributed by atoms with Crippen LogP contribution in [0.15, 0.2) is 54.6 Å². The minimum Gasteiger partial charge on any atom is -0.384 e. The maximum absolute atomic E-state index is 13.0. The van der Waals surface area contributed by atoms with Crippen LogP contribution in [-0.2, 0) is 12.6 Å². The molecule has 1 heterocycles. The second-order valence-corrected chi connectivity index (χ2v) is 5.67. The van der Waals surface area contributed by atoms with E-state index in [1.54, 1.807) is 30.3 Å². The van der Waals surface area contributed by atoms with E-state index in [0.717, 1.165) is 11.6 Å². The molecule has 0 aliphatic heterocycles. The molecule has 0 spiro atoms. The van der Waals surface area contributed by atoms with Crippen LogP contribution in [0.25, 0.3) is 10.9 Å². The smallest absolute Gasteiger partial charge is 0.384 e. The Bertz CT molecular complexity index is 941. The number of alkyl halides is 3. The van der Waals surface area contributed by atoms with Crippen LogP contribution in [0.5, 0.6) is 0 Å². The van der Waals surface area contributed by atoms with Crippen LogP contribution >= 0.6 is 0 Å². The maximum atomic E-state index is 13.0. The van der Waals surface area contributed by atoms with Crippen LogP contribution in [0.2, 0.25) is 0 Å². The fourth-order valence-electron chi connectivity index (χ4n) is 2.59. The van der Waals surface area contributed by atoms with Gasteiger partial charge in [0.25, 0.3) is 5.69 Å². The van der Waals surface area contributed by atoms with Gasteiger partial charge in [0.2, 0.25) is 0 Å². The molecule has 134 valence electrons. The topological polar surface area (TPSA) is 68.1 Å². The summed E-state index contributed by atoms with van der Waals surface area (Å²) in [5.41, 5.74) is 0.508. The van der Waals surface area contributed by atoms with Crippen LogP contribution in [0.4, 0.5) is 24.5 Å². The highest BCUT2D eigenvalue weighted by Gasteiger charge is 2.33. The van der Waals surface area contributed by atoms with Crippen molar-refractivity contribution in [1.82, 2.24) is 4.98 Å². The molecule has 0 saturated heterocycles. The number of nitrogens with zero attached hydrogens (tertiary/aromatic N) is 2. The number of hydrogen-bond acceptors (Lipinski definition) is 4. The van der Waals surface area contributed by atoms with Gasteiger partial charge in [-0.15, -0.1) is 0 Å². The lowest BCUT2D eigenvalue weighted by Crippen LogP contribution is -2.11. The lowest BCUT2D eigenvalue weighted by molar-refractivity contribution is -0.384. The molecule has 0 amide bonds. The van der Waals surface area contributed by atoms with Gasteiger partial charge in [-0.3, -0.25) is 10.1 Å². The fourth-order valence-corrected chi connectivity index (χ4v) is 2.59. The molecule has 1 N–H and O–H groups in total. The number of fused-ring (bicyclic) bond motifs is 1. The zero-order chi connectivity index (χ0) is 18.7. The first-order valence-corrected chi connectivity index (χ1v) is 7.79. The fraction of sp³-hybridized carbons (Fsp3) is 0.167. The van der Waals surface area contributed by atoms with Crippen molar-refractivity contribution in [2.75, 3.05) is 11.9 Å². The van der Waals surface area contributed by atoms with Crippen LogP contribution in [0.1, 0.15) is 11.3 Å². The summed E-state index contributed by atoms with van der Waals surface area (Å²) >= 11 is 0. The van der Waals surface area contributed by atoms with Crippen molar-refractivity contribution in [2.45, 2.75) is 12.6 Å². The van der Waals surface area contributed by atoms with E-state index in [9.17, 15) is 23.3 Å². The summed E-state index contributed by atoms with van der Waals surface area (Å²) in [6.45, 7) is 0.378. The van der Waals surface area contributed by atoms with E-state index in [0.29, 0.717) is 24.0 Å². The van der Waals surface area contributed by atoms with Crippen LogP contribution in [0, 0.1) is 10.1 Å². The molecule has 0 aliphatic carbocycles. The number of nitro benzene ring substituents is 1. The highest BCUT2D eigenvalue weighted by atomic mass is 19.4. The Morgan fingerprint density at radius 3 is 2.42 bits per heavy atom. The van der Waals surface area contributed by atoms with Crippen LogP contribution < -0.4 is 5.32 Å². The molecule has 0 bridgehead atoms. The average molecular weight is 361 g/mol. The molecule has 0 radical (unpaired) electrons. The number of nitro groups is 1. The number of nitrogens with one attached hydrogen (secondary N) is 1. The summed E-state index contributed by atoms with van der Waals surface area (Å²) in [6, 6.07) is 13.7. The molecular weight excluding hydrogens is 347 g/mol. The minimum atomic E-state index is -4.53. The zero-order valence-electron chi connectivity index (χ0n) is 13.5. The van der Waals surface area contributed by atoms with Gasteiger partial charge in [0.05, 0.1) is 10.4 Å². The number of hydrogen-bond donors (Lipinski definition) is 1. The average Bonchev–Trinajstić information content (AvgIpc) is 2.61. The summed E-state index contributed by atoms with van der Waals surface area (Å²) in [5, 5.41) is 14.3. The van der Waals surface area contributed by atoms with E-state index in [1.165, 1.54) is 18.2 Å². The quantitative estimate of drug-likeness (QED) is 0.523. The largest absolute Gasteiger partial charge is 0.433 e. The number of pyridine rings is 1. The van der Waals surface area contributed by atoms with E-state index in [2.05, 4.69) is 10.3 Å². The molecular formula is C18H14F3N3O2.